The molecule has 0 amide bonds. The maximum atomic E-state index is 13.4. The summed E-state index contributed by atoms with van der Waals surface area (Å²) in [5.74, 6) is -0.716. The lowest BCUT2D eigenvalue weighted by Crippen LogP contribution is -2.28. The van der Waals surface area contributed by atoms with Gasteiger partial charge in [0.15, 0.2) is 5.69 Å². The van der Waals surface area contributed by atoms with Crippen LogP contribution < -0.4 is 15.8 Å². The van der Waals surface area contributed by atoms with Crippen LogP contribution in [0.3, 0.4) is 0 Å². The van der Waals surface area contributed by atoms with Crippen LogP contribution in [0.25, 0.3) is 10.9 Å². The Balaban J connectivity index is 1.63. The van der Waals surface area contributed by atoms with Crippen molar-refractivity contribution >= 4 is 40.1 Å². The Kier molecular flexibility index (Phi) is 5.82. The molecule has 0 radical (unpaired) electrons. The van der Waals surface area contributed by atoms with E-state index in [9.17, 15) is 20.0 Å². The maximum absolute atomic E-state index is 13.4. The van der Waals surface area contributed by atoms with Crippen molar-refractivity contribution in [3.63, 3.8) is 0 Å². The van der Waals surface area contributed by atoms with Gasteiger partial charge >= 0.3 is 5.97 Å². The molecule has 0 spiro atoms. The Labute approximate surface area is 211 Å². The second-order valence-electron chi connectivity index (χ2n) is 8.68. The molecule has 0 unspecified atom stereocenters. The average molecular weight is 501 g/mol. The van der Waals surface area contributed by atoms with Gasteiger partial charge in [0.05, 0.1) is 34.3 Å². The first kappa shape index (κ1) is 23.3. The van der Waals surface area contributed by atoms with E-state index >= 15 is 0 Å². The summed E-state index contributed by atoms with van der Waals surface area (Å²) in [6, 6.07) is 15.9. The summed E-state index contributed by atoms with van der Waals surface area (Å²) in [6.45, 7) is 3.06. The van der Waals surface area contributed by atoms with Gasteiger partial charge in [0.1, 0.15) is 5.15 Å². The first-order chi connectivity index (χ1) is 17.3. The number of rotatable bonds is 5. The van der Waals surface area contributed by atoms with E-state index < -0.39 is 12.0 Å². The second kappa shape index (κ2) is 8.98. The first-order valence-electron chi connectivity index (χ1n) is 11.2. The molecule has 0 fully saturated rings. The highest BCUT2D eigenvalue weighted by Crippen LogP contribution is 2.31. The van der Waals surface area contributed by atoms with Crippen LogP contribution in [0, 0.1) is 11.3 Å². The zero-order chi connectivity index (χ0) is 25.6. The Morgan fingerprint density at radius 1 is 1.17 bits per heavy atom. The summed E-state index contributed by atoms with van der Waals surface area (Å²) in [5, 5.41) is 22.7. The number of anilines is 2. The maximum Gasteiger partial charge on any atom is 0.356 e. The Bertz CT molecular complexity index is 1620. The van der Waals surface area contributed by atoms with E-state index in [0.29, 0.717) is 41.1 Å². The van der Waals surface area contributed by atoms with Crippen LogP contribution in [-0.2, 0) is 20.1 Å². The number of carboxylic acid groups (broad SMARTS) is 1. The highest BCUT2D eigenvalue weighted by atomic mass is 35.5. The molecule has 2 aromatic heterocycles. The molecule has 36 heavy (non-hydrogen) atoms. The first-order valence-corrected chi connectivity index (χ1v) is 11.6. The van der Waals surface area contributed by atoms with E-state index in [1.54, 1.807) is 20.0 Å². The van der Waals surface area contributed by atoms with E-state index in [2.05, 4.69) is 28.5 Å². The zero-order valence-electron chi connectivity index (χ0n) is 19.5. The Morgan fingerprint density at radius 2 is 1.86 bits per heavy atom. The van der Waals surface area contributed by atoms with Crippen molar-refractivity contribution in [3.05, 3.63) is 92.0 Å². The molecule has 2 aromatic carbocycles. The number of carbonyl (C=O) groups is 1. The molecule has 2 N–H and O–H groups in total. The van der Waals surface area contributed by atoms with Gasteiger partial charge in [-0.1, -0.05) is 35.9 Å². The van der Waals surface area contributed by atoms with Gasteiger partial charge in [-0.25, -0.2) is 14.8 Å². The average Bonchev–Trinajstić information content (AvgIpc) is 3.30. The molecule has 0 aliphatic carbocycles. The molecule has 5 rings (SSSR count). The highest BCUT2D eigenvalue weighted by Gasteiger charge is 2.25. The molecule has 0 bridgehead atoms. The van der Waals surface area contributed by atoms with Crippen LogP contribution in [-0.4, -0.2) is 25.6 Å². The number of pyridine rings is 1. The molecular weight excluding hydrogens is 480 g/mol. The Morgan fingerprint density at radius 3 is 2.50 bits per heavy atom. The lowest BCUT2D eigenvalue weighted by atomic mass is 10.0. The quantitative estimate of drug-likeness (QED) is 0.390. The van der Waals surface area contributed by atoms with E-state index in [1.807, 2.05) is 17.0 Å². The third-order valence-corrected chi connectivity index (χ3v) is 6.55. The van der Waals surface area contributed by atoms with Gasteiger partial charge in [-0.15, -0.1) is 0 Å². The molecule has 0 saturated carbocycles. The van der Waals surface area contributed by atoms with Crippen molar-refractivity contribution in [3.8, 4) is 6.07 Å². The van der Waals surface area contributed by atoms with Crippen LogP contribution in [0.1, 0.15) is 45.7 Å². The fraction of sp³-hybridized carbons (Fsp3) is 0.192. The minimum Gasteiger partial charge on any atom is -0.476 e. The summed E-state index contributed by atoms with van der Waals surface area (Å²) in [6.07, 6.45) is 0. The predicted octanol–water partition coefficient (Wildman–Crippen LogP) is 4.25. The highest BCUT2D eigenvalue weighted by molar-refractivity contribution is 6.29. The van der Waals surface area contributed by atoms with Gasteiger partial charge in [0.2, 0.25) is 5.95 Å². The minimum absolute atomic E-state index is 0.0592. The molecule has 1 aliphatic rings. The summed E-state index contributed by atoms with van der Waals surface area (Å²) in [7, 11) is 1.67. The molecular formula is C26H21ClN6O3. The summed E-state index contributed by atoms with van der Waals surface area (Å²) < 4.78 is 1.50. The summed E-state index contributed by atoms with van der Waals surface area (Å²) >= 11 is 5.89. The van der Waals surface area contributed by atoms with E-state index in [-0.39, 0.29) is 22.1 Å². The van der Waals surface area contributed by atoms with Crippen LogP contribution in [0.4, 0.5) is 11.6 Å². The van der Waals surface area contributed by atoms with Gasteiger partial charge in [0.25, 0.3) is 5.56 Å². The summed E-state index contributed by atoms with van der Waals surface area (Å²) in [4.78, 5) is 36.0. The lowest BCUT2D eigenvalue weighted by molar-refractivity contribution is 0.0691. The van der Waals surface area contributed by atoms with Gasteiger partial charge in [-0.3, -0.25) is 9.36 Å². The molecule has 9 nitrogen and oxygen atoms in total. The van der Waals surface area contributed by atoms with Crippen molar-refractivity contribution in [1.29, 1.82) is 5.26 Å². The van der Waals surface area contributed by atoms with Crippen LogP contribution in [0.5, 0.6) is 0 Å². The van der Waals surface area contributed by atoms with Crippen LogP contribution >= 0.6 is 11.6 Å². The number of nitrogens with zero attached hydrogens (tertiary/aromatic N) is 5. The molecule has 3 heterocycles. The van der Waals surface area contributed by atoms with Crippen molar-refractivity contribution in [1.82, 2.24) is 14.5 Å². The third kappa shape index (κ3) is 4.01. The van der Waals surface area contributed by atoms with Crippen molar-refractivity contribution in [2.75, 3.05) is 10.2 Å². The molecule has 1 atom stereocenters. The minimum atomic E-state index is -1.23. The number of benzene rings is 2. The van der Waals surface area contributed by atoms with Gasteiger partial charge in [-0.05, 0) is 42.3 Å². The number of nitrogens with one attached hydrogen (secondary N) is 1. The molecule has 0 saturated heterocycles. The zero-order valence-corrected chi connectivity index (χ0v) is 20.2. The predicted molar refractivity (Wildman–Crippen MR) is 136 cm³/mol. The molecule has 10 heteroatoms. The number of carboxylic acids is 1. The summed E-state index contributed by atoms with van der Waals surface area (Å²) in [5.41, 5.74) is 3.46. The lowest BCUT2D eigenvalue weighted by Gasteiger charge is -2.23. The number of nitriles is 1. The largest absolute Gasteiger partial charge is 0.476 e. The standard InChI is InChI=1S/C26H21ClN6O3/c1-14(29-20-7-8-21(27)30-23(20)25(35)36)18-9-15(11-28)10-19-22(18)31-26(32(2)24(19)34)33-12-16-5-3-4-6-17(16)13-33/h3-10,14,29H,12-13H2,1-2H3,(H,35,36)/t14-/m1/s1. The van der Waals surface area contributed by atoms with Crippen molar-refractivity contribution < 1.29 is 9.90 Å². The van der Waals surface area contributed by atoms with E-state index in [4.69, 9.17) is 16.6 Å². The topological polar surface area (TPSA) is 124 Å². The van der Waals surface area contributed by atoms with E-state index in [1.165, 1.54) is 33.9 Å². The normalized spacial score (nSPS) is 13.3. The van der Waals surface area contributed by atoms with Crippen molar-refractivity contribution in [2.24, 2.45) is 7.05 Å². The molecule has 180 valence electrons. The SMILES string of the molecule is C[C@@H](Nc1ccc(Cl)nc1C(=O)O)c1cc(C#N)cc2c(=O)n(C)c(N3Cc4ccccc4C3)nc12. The fourth-order valence-corrected chi connectivity index (χ4v) is 4.72. The number of hydrogen-bond donors (Lipinski definition) is 2. The number of aromatic carboxylic acids is 1. The smallest absolute Gasteiger partial charge is 0.356 e. The number of fused-ring (bicyclic) bond motifs is 2. The van der Waals surface area contributed by atoms with Gasteiger partial charge in [-0.2, -0.15) is 5.26 Å². The number of aromatic nitrogens is 3. The number of hydrogen-bond acceptors (Lipinski definition) is 7. The van der Waals surface area contributed by atoms with Gasteiger partial charge < -0.3 is 15.3 Å². The second-order valence-corrected chi connectivity index (χ2v) is 9.06. The molecule has 4 aromatic rings. The number of halogens is 1. The van der Waals surface area contributed by atoms with Gasteiger partial charge in [0, 0.05) is 25.7 Å². The van der Waals surface area contributed by atoms with Crippen LogP contribution in [0.15, 0.2) is 53.3 Å². The van der Waals surface area contributed by atoms with E-state index in [0.717, 1.165) is 0 Å². The molecule has 1 aliphatic heterocycles. The third-order valence-electron chi connectivity index (χ3n) is 6.34. The fourth-order valence-electron chi connectivity index (χ4n) is 4.57. The van der Waals surface area contributed by atoms with Crippen LogP contribution in [0.2, 0.25) is 5.15 Å². The monoisotopic (exact) mass is 500 g/mol. The Hall–Kier alpha value is -4.42. The van der Waals surface area contributed by atoms with Crippen molar-refractivity contribution in [2.45, 2.75) is 26.1 Å².